The van der Waals surface area contributed by atoms with Crippen molar-refractivity contribution in [2.75, 3.05) is 0 Å². The molecule has 0 fully saturated rings. The molecule has 0 spiro atoms. The fourth-order valence-corrected chi connectivity index (χ4v) is 2.87. The summed E-state index contributed by atoms with van der Waals surface area (Å²) in [6, 6.07) is 2.60. The van der Waals surface area contributed by atoms with Crippen LogP contribution in [0.15, 0.2) is 17.2 Å². The normalized spacial score (nSPS) is 11.1. The van der Waals surface area contributed by atoms with Crippen molar-refractivity contribution in [1.29, 1.82) is 5.26 Å². The Morgan fingerprint density at radius 3 is 2.69 bits per heavy atom. The molecule has 7 nitrogen and oxygen atoms in total. The molecule has 0 bridgehead atoms. The molecule has 0 aliphatic heterocycles. The minimum Gasteiger partial charge on any atom is -0.506 e. The molecule has 3 aromatic rings. The van der Waals surface area contributed by atoms with Crippen LogP contribution in [-0.4, -0.2) is 24.6 Å². The zero-order chi connectivity index (χ0) is 19.2. The second kappa shape index (κ2) is 6.35. The highest BCUT2D eigenvalue weighted by Crippen LogP contribution is 2.31. The molecule has 0 saturated heterocycles. The molecule has 0 amide bonds. The van der Waals surface area contributed by atoms with E-state index in [2.05, 4.69) is 15.0 Å². The summed E-state index contributed by atoms with van der Waals surface area (Å²) in [5, 5.41) is 19.0. The zero-order valence-corrected chi connectivity index (χ0v) is 14.8. The highest BCUT2D eigenvalue weighted by Gasteiger charge is 2.24. The van der Waals surface area contributed by atoms with Gasteiger partial charge >= 0.3 is 0 Å². The molecular formula is C17H13ClFN5O2. The maximum atomic E-state index is 13.9. The van der Waals surface area contributed by atoms with Gasteiger partial charge in [0.05, 0.1) is 22.5 Å². The molecule has 0 aromatic carbocycles. The van der Waals surface area contributed by atoms with Gasteiger partial charge in [0.15, 0.2) is 22.2 Å². The lowest BCUT2D eigenvalue weighted by atomic mass is 10.1. The summed E-state index contributed by atoms with van der Waals surface area (Å²) in [6.45, 7) is 5.43. The van der Waals surface area contributed by atoms with Gasteiger partial charge in [-0.1, -0.05) is 25.4 Å². The minimum atomic E-state index is -0.881. The molecule has 3 aromatic heterocycles. The van der Waals surface area contributed by atoms with Crippen LogP contribution in [-0.2, 0) is 0 Å². The van der Waals surface area contributed by atoms with E-state index in [-0.39, 0.29) is 17.0 Å². The van der Waals surface area contributed by atoms with Gasteiger partial charge < -0.3 is 5.11 Å². The fraction of sp³-hybridized carbons (Fsp3) is 0.235. The second-order valence-corrected chi connectivity index (χ2v) is 6.31. The standard InChI is InChI=1S/C17H13ClFN5O2/c1-7(2)12-13(8(3)21-6-22-12)24-16-9(4-11(19)15(18)23-16)14(25)10(5-20)17(24)26/h4,6-7,25H,1-3H3. The van der Waals surface area contributed by atoms with Crippen LogP contribution in [0.3, 0.4) is 0 Å². The maximum Gasteiger partial charge on any atom is 0.278 e. The first-order chi connectivity index (χ1) is 12.3. The number of nitrogens with zero attached hydrogens (tertiary/aromatic N) is 5. The van der Waals surface area contributed by atoms with Crippen LogP contribution in [0.4, 0.5) is 4.39 Å². The third-order valence-corrected chi connectivity index (χ3v) is 4.21. The molecule has 0 saturated carbocycles. The molecule has 9 heteroatoms. The van der Waals surface area contributed by atoms with Crippen LogP contribution >= 0.6 is 11.6 Å². The van der Waals surface area contributed by atoms with E-state index in [4.69, 9.17) is 11.6 Å². The predicted molar refractivity (Wildman–Crippen MR) is 93.1 cm³/mol. The van der Waals surface area contributed by atoms with Crippen molar-refractivity contribution in [3.8, 4) is 17.5 Å². The van der Waals surface area contributed by atoms with Crippen LogP contribution in [0.5, 0.6) is 5.75 Å². The first-order valence-corrected chi connectivity index (χ1v) is 8.01. The van der Waals surface area contributed by atoms with Crippen LogP contribution in [0.2, 0.25) is 5.15 Å². The van der Waals surface area contributed by atoms with Gasteiger partial charge in [0.25, 0.3) is 5.56 Å². The second-order valence-electron chi connectivity index (χ2n) is 5.96. The summed E-state index contributed by atoms with van der Waals surface area (Å²) in [5.74, 6) is -1.61. The minimum absolute atomic E-state index is 0.0797. The van der Waals surface area contributed by atoms with Crippen LogP contribution in [0.25, 0.3) is 16.7 Å². The summed E-state index contributed by atoms with van der Waals surface area (Å²) in [4.78, 5) is 25.2. The van der Waals surface area contributed by atoms with Gasteiger partial charge in [0.1, 0.15) is 18.1 Å². The van der Waals surface area contributed by atoms with Crippen molar-refractivity contribution < 1.29 is 9.50 Å². The fourth-order valence-electron chi connectivity index (χ4n) is 2.74. The number of aromatic nitrogens is 4. The summed E-state index contributed by atoms with van der Waals surface area (Å²) in [7, 11) is 0. The molecule has 3 heterocycles. The van der Waals surface area contributed by atoms with Gasteiger partial charge in [-0.25, -0.2) is 19.3 Å². The van der Waals surface area contributed by atoms with E-state index in [9.17, 15) is 19.6 Å². The number of aromatic hydroxyl groups is 1. The predicted octanol–water partition coefficient (Wildman–Crippen LogP) is 2.98. The SMILES string of the molecule is Cc1ncnc(C(C)C)c1-n1c(=O)c(C#N)c(O)c2cc(F)c(Cl)nc21. The monoisotopic (exact) mass is 373 g/mol. The number of hydrogen-bond donors (Lipinski definition) is 1. The quantitative estimate of drug-likeness (QED) is 0.692. The first-order valence-electron chi connectivity index (χ1n) is 7.63. The van der Waals surface area contributed by atoms with Crippen molar-refractivity contribution in [2.24, 2.45) is 0 Å². The molecule has 132 valence electrons. The Morgan fingerprint density at radius 1 is 1.38 bits per heavy atom. The average molecular weight is 374 g/mol. The molecule has 0 aliphatic carbocycles. The van der Waals surface area contributed by atoms with Crippen molar-refractivity contribution in [3.05, 3.63) is 50.7 Å². The van der Waals surface area contributed by atoms with E-state index in [0.717, 1.165) is 10.6 Å². The highest BCUT2D eigenvalue weighted by atomic mass is 35.5. The third kappa shape index (κ3) is 2.57. The topological polar surface area (TPSA) is 105 Å². The summed E-state index contributed by atoms with van der Waals surface area (Å²) in [5.41, 5.74) is -0.102. The van der Waals surface area contributed by atoms with Gasteiger partial charge in [-0.3, -0.25) is 9.36 Å². The lowest BCUT2D eigenvalue weighted by Crippen LogP contribution is -2.25. The number of hydrogen-bond acceptors (Lipinski definition) is 6. The molecule has 0 radical (unpaired) electrons. The summed E-state index contributed by atoms with van der Waals surface area (Å²) >= 11 is 5.79. The summed E-state index contributed by atoms with van der Waals surface area (Å²) in [6.07, 6.45) is 1.37. The van der Waals surface area contributed by atoms with E-state index in [1.807, 2.05) is 13.8 Å². The lowest BCUT2D eigenvalue weighted by molar-refractivity contribution is 0.477. The number of halogens is 2. The number of rotatable bonds is 2. The Hall–Kier alpha value is -3.05. The average Bonchev–Trinajstić information content (AvgIpc) is 2.58. The Morgan fingerprint density at radius 2 is 2.08 bits per heavy atom. The summed E-state index contributed by atoms with van der Waals surface area (Å²) < 4.78 is 15.0. The Bertz CT molecular complexity index is 1150. The van der Waals surface area contributed by atoms with E-state index >= 15 is 0 Å². The largest absolute Gasteiger partial charge is 0.506 e. The van der Waals surface area contributed by atoms with Gasteiger partial charge in [-0.2, -0.15) is 5.26 Å². The van der Waals surface area contributed by atoms with Gasteiger partial charge in [0.2, 0.25) is 0 Å². The molecule has 1 N–H and O–H groups in total. The molecule has 0 atom stereocenters. The Balaban J connectivity index is 2.63. The van der Waals surface area contributed by atoms with Crippen molar-refractivity contribution in [2.45, 2.75) is 26.7 Å². The third-order valence-electron chi connectivity index (χ3n) is 3.95. The Kier molecular flexibility index (Phi) is 4.34. The van der Waals surface area contributed by atoms with Gasteiger partial charge in [0, 0.05) is 0 Å². The molecule has 26 heavy (non-hydrogen) atoms. The smallest absolute Gasteiger partial charge is 0.278 e. The van der Waals surface area contributed by atoms with E-state index in [1.54, 1.807) is 13.0 Å². The number of nitriles is 1. The lowest BCUT2D eigenvalue weighted by Gasteiger charge is -2.18. The Labute approximate surface area is 152 Å². The molecule has 3 rings (SSSR count). The van der Waals surface area contributed by atoms with E-state index in [0.29, 0.717) is 17.1 Å². The van der Waals surface area contributed by atoms with Crippen molar-refractivity contribution >= 4 is 22.6 Å². The zero-order valence-electron chi connectivity index (χ0n) is 14.1. The van der Waals surface area contributed by atoms with E-state index < -0.39 is 27.8 Å². The highest BCUT2D eigenvalue weighted by molar-refractivity contribution is 6.30. The first kappa shape index (κ1) is 17.8. The molecular weight excluding hydrogens is 361 g/mol. The van der Waals surface area contributed by atoms with E-state index in [1.165, 1.54) is 6.33 Å². The number of pyridine rings is 2. The number of fused-ring (bicyclic) bond motifs is 1. The number of aryl methyl sites for hydroxylation is 1. The van der Waals surface area contributed by atoms with Crippen LogP contribution < -0.4 is 5.56 Å². The molecule has 0 aliphatic rings. The maximum absolute atomic E-state index is 13.9. The molecule has 0 unspecified atom stereocenters. The van der Waals surface area contributed by atoms with Crippen LogP contribution in [0, 0.1) is 24.1 Å². The van der Waals surface area contributed by atoms with Gasteiger partial charge in [-0.05, 0) is 18.9 Å². The van der Waals surface area contributed by atoms with Crippen molar-refractivity contribution in [3.63, 3.8) is 0 Å². The van der Waals surface area contributed by atoms with Crippen LogP contribution in [0.1, 0.15) is 36.7 Å². The van der Waals surface area contributed by atoms with Gasteiger partial charge in [-0.15, -0.1) is 0 Å². The van der Waals surface area contributed by atoms with Crippen molar-refractivity contribution in [1.82, 2.24) is 19.5 Å².